The number of hydrogen-bond donors (Lipinski definition) is 1. The summed E-state index contributed by atoms with van der Waals surface area (Å²) in [5.74, 6) is 1.43. The van der Waals surface area contributed by atoms with Crippen LogP contribution in [-0.2, 0) is 9.59 Å². The molecule has 0 spiro atoms. The van der Waals surface area contributed by atoms with E-state index in [0.29, 0.717) is 46.3 Å². The fraction of sp³-hybridized carbons (Fsp3) is 0.444. The average molecular weight is 421 g/mol. The number of anilines is 2. The average Bonchev–Trinajstić information content (AvgIpc) is 3.43. The molecule has 0 radical (unpaired) electrons. The fourth-order valence-corrected chi connectivity index (χ4v) is 4.50. The Morgan fingerprint density at radius 1 is 1.25 bits per heavy atom. The SMILES string of the molecule is CCC(=O)N(c1nnc(SCC(=O)Nc2ccc3c(c2)OCCO3)s1)C1CC1. The molecule has 0 unspecified atom stereocenters. The molecule has 2 amide bonds. The van der Waals surface area contributed by atoms with Gasteiger partial charge in [0, 0.05) is 24.2 Å². The number of rotatable bonds is 7. The van der Waals surface area contributed by atoms with Crippen LogP contribution in [-0.4, -0.2) is 47.0 Å². The molecule has 4 rings (SSSR count). The summed E-state index contributed by atoms with van der Waals surface area (Å²) in [7, 11) is 0. The van der Waals surface area contributed by atoms with E-state index in [1.165, 1.54) is 23.1 Å². The first kappa shape index (κ1) is 19.0. The van der Waals surface area contributed by atoms with Gasteiger partial charge in [-0.1, -0.05) is 30.0 Å². The van der Waals surface area contributed by atoms with E-state index in [9.17, 15) is 9.59 Å². The number of fused-ring (bicyclic) bond motifs is 1. The molecule has 10 heteroatoms. The van der Waals surface area contributed by atoms with E-state index < -0.39 is 0 Å². The Morgan fingerprint density at radius 3 is 2.79 bits per heavy atom. The van der Waals surface area contributed by atoms with Gasteiger partial charge in [-0.25, -0.2) is 0 Å². The number of carbonyl (C=O) groups excluding carboxylic acids is 2. The van der Waals surface area contributed by atoms with Gasteiger partial charge in [0.25, 0.3) is 0 Å². The van der Waals surface area contributed by atoms with Crippen molar-refractivity contribution in [3.05, 3.63) is 18.2 Å². The Bertz CT molecular complexity index is 884. The first-order valence-corrected chi connectivity index (χ1v) is 10.9. The lowest BCUT2D eigenvalue weighted by Gasteiger charge is -2.18. The molecule has 8 nitrogen and oxygen atoms in total. The number of amides is 2. The largest absolute Gasteiger partial charge is 0.486 e. The predicted molar refractivity (Wildman–Crippen MR) is 107 cm³/mol. The van der Waals surface area contributed by atoms with Crippen LogP contribution in [0.15, 0.2) is 22.5 Å². The zero-order valence-electron chi connectivity index (χ0n) is 15.3. The van der Waals surface area contributed by atoms with E-state index >= 15 is 0 Å². The molecule has 28 heavy (non-hydrogen) atoms. The van der Waals surface area contributed by atoms with Crippen molar-refractivity contribution in [1.82, 2.24) is 10.2 Å². The van der Waals surface area contributed by atoms with Crippen molar-refractivity contribution in [2.75, 3.05) is 29.2 Å². The van der Waals surface area contributed by atoms with Crippen LogP contribution < -0.4 is 19.7 Å². The number of thioether (sulfide) groups is 1. The van der Waals surface area contributed by atoms with Crippen LogP contribution >= 0.6 is 23.1 Å². The summed E-state index contributed by atoms with van der Waals surface area (Å²) in [4.78, 5) is 26.2. The maximum atomic E-state index is 12.3. The topological polar surface area (TPSA) is 93.7 Å². The summed E-state index contributed by atoms with van der Waals surface area (Å²) in [6.07, 6.45) is 2.45. The zero-order valence-corrected chi connectivity index (χ0v) is 17.0. The van der Waals surface area contributed by atoms with Crippen LogP contribution in [0, 0.1) is 0 Å². The highest BCUT2D eigenvalue weighted by Gasteiger charge is 2.35. The Kier molecular flexibility index (Phi) is 5.67. The second kappa shape index (κ2) is 8.36. The number of benzene rings is 1. The Hall–Kier alpha value is -2.33. The third-order valence-corrected chi connectivity index (χ3v) is 6.29. The first-order chi connectivity index (χ1) is 13.6. The summed E-state index contributed by atoms with van der Waals surface area (Å²) in [6.45, 7) is 2.87. The molecule has 1 fully saturated rings. The van der Waals surface area contributed by atoms with Crippen LogP contribution in [0.5, 0.6) is 11.5 Å². The first-order valence-electron chi connectivity index (χ1n) is 9.12. The highest BCUT2D eigenvalue weighted by molar-refractivity contribution is 8.01. The molecule has 1 aromatic carbocycles. The molecule has 1 N–H and O–H groups in total. The van der Waals surface area contributed by atoms with Gasteiger partial charge in [-0.3, -0.25) is 14.5 Å². The Morgan fingerprint density at radius 2 is 2.04 bits per heavy atom. The van der Waals surface area contributed by atoms with Crippen LogP contribution in [0.25, 0.3) is 0 Å². The molecular weight excluding hydrogens is 400 g/mol. The molecule has 1 saturated carbocycles. The quantitative estimate of drug-likeness (QED) is 0.544. The molecule has 2 aromatic rings. The molecule has 1 aliphatic carbocycles. The lowest BCUT2D eigenvalue weighted by atomic mass is 10.2. The van der Waals surface area contributed by atoms with Crippen LogP contribution in [0.4, 0.5) is 10.8 Å². The van der Waals surface area contributed by atoms with Gasteiger partial charge in [-0.2, -0.15) is 0 Å². The van der Waals surface area contributed by atoms with E-state index in [4.69, 9.17) is 9.47 Å². The number of nitrogens with zero attached hydrogens (tertiary/aromatic N) is 3. The summed E-state index contributed by atoms with van der Waals surface area (Å²) in [5.41, 5.74) is 0.654. The third-order valence-electron chi connectivity index (χ3n) is 4.24. The van der Waals surface area contributed by atoms with Crippen molar-refractivity contribution in [2.24, 2.45) is 0 Å². The summed E-state index contributed by atoms with van der Waals surface area (Å²) in [6, 6.07) is 5.56. The molecule has 0 atom stereocenters. The van der Waals surface area contributed by atoms with E-state index in [1.807, 2.05) is 6.92 Å². The summed E-state index contributed by atoms with van der Waals surface area (Å²) in [5, 5.41) is 11.7. The van der Waals surface area contributed by atoms with Gasteiger partial charge in [0.05, 0.1) is 5.75 Å². The monoisotopic (exact) mass is 420 g/mol. The van der Waals surface area contributed by atoms with Gasteiger partial charge in [0.2, 0.25) is 16.9 Å². The Balaban J connectivity index is 1.33. The fourth-order valence-electron chi connectivity index (χ4n) is 2.77. The zero-order chi connectivity index (χ0) is 19.5. The number of carbonyl (C=O) groups is 2. The number of aromatic nitrogens is 2. The smallest absolute Gasteiger partial charge is 0.234 e. The second-order valence-electron chi connectivity index (χ2n) is 6.39. The van der Waals surface area contributed by atoms with Crippen LogP contribution in [0.1, 0.15) is 26.2 Å². The van der Waals surface area contributed by atoms with Gasteiger partial charge in [0.15, 0.2) is 15.8 Å². The standard InChI is InChI=1S/C18H20N4O4S2/c1-2-16(24)22(12-4-5-12)17-20-21-18(28-17)27-10-15(23)19-11-3-6-13-14(9-11)26-8-7-25-13/h3,6,9,12H,2,4-5,7-8,10H2,1H3,(H,19,23). The highest BCUT2D eigenvalue weighted by atomic mass is 32.2. The Labute approximate surface area is 170 Å². The summed E-state index contributed by atoms with van der Waals surface area (Å²) >= 11 is 2.65. The van der Waals surface area contributed by atoms with Crippen molar-refractivity contribution in [3.8, 4) is 11.5 Å². The van der Waals surface area contributed by atoms with Crippen molar-refractivity contribution < 1.29 is 19.1 Å². The van der Waals surface area contributed by atoms with Crippen LogP contribution in [0.2, 0.25) is 0 Å². The molecule has 0 saturated heterocycles. The van der Waals surface area contributed by atoms with Crippen LogP contribution in [0.3, 0.4) is 0 Å². The maximum absolute atomic E-state index is 12.3. The number of nitrogens with one attached hydrogen (secondary N) is 1. The number of hydrogen-bond acceptors (Lipinski definition) is 8. The molecular formula is C18H20N4O4S2. The number of ether oxygens (including phenoxy) is 2. The molecule has 2 aliphatic rings. The van der Waals surface area contributed by atoms with Gasteiger partial charge < -0.3 is 14.8 Å². The third kappa shape index (κ3) is 4.39. The molecule has 1 aliphatic heterocycles. The molecule has 1 aromatic heterocycles. The lowest BCUT2D eigenvalue weighted by molar-refractivity contribution is -0.118. The van der Waals surface area contributed by atoms with Gasteiger partial charge in [0.1, 0.15) is 13.2 Å². The van der Waals surface area contributed by atoms with Crippen molar-refractivity contribution in [2.45, 2.75) is 36.6 Å². The molecule has 0 bridgehead atoms. The highest BCUT2D eigenvalue weighted by Crippen LogP contribution is 2.36. The lowest BCUT2D eigenvalue weighted by Crippen LogP contribution is -2.32. The molecule has 148 valence electrons. The van der Waals surface area contributed by atoms with E-state index in [0.717, 1.165) is 12.8 Å². The second-order valence-corrected chi connectivity index (χ2v) is 8.57. The van der Waals surface area contributed by atoms with Crippen molar-refractivity contribution in [3.63, 3.8) is 0 Å². The maximum Gasteiger partial charge on any atom is 0.234 e. The summed E-state index contributed by atoms with van der Waals surface area (Å²) < 4.78 is 11.7. The normalized spacial score (nSPS) is 15.2. The predicted octanol–water partition coefficient (Wildman–Crippen LogP) is 2.95. The van der Waals surface area contributed by atoms with Gasteiger partial charge in [-0.15, -0.1) is 10.2 Å². The van der Waals surface area contributed by atoms with Gasteiger partial charge in [-0.05, 0) is 25.0 Å². The van der Waals surface area contributed by atoms with Crippen molar-refractivity contribution >= 4 is 45.7 Å². The van der Waals surface area contributed by atoms with Gasteiger partial charge >= 0.3 is 0 Å². The minimum atomic E-state index is -0.151. The van der Waals surface area contributed by atoms with E-state index in [1.54, 1.807) is 23.1 Å². The van der Waals surface area contributed by atoms with E-state index in [2.05, 4.69) is 15.5 Å². The van der Waals surface area contributed by atoms with Crippen molar-refractivity contribution in [1.29, 1.82) is 0 Å². The minimum absolute atomic E-state index is 0.0616. The minimum Gasteiger partial charge on any atom is -0.486 e. The molecule has 2 heterocycles. The van der Waals surface area contributed by atoms with E-state index in [-0.39, 0.29) is 23.6 Å².